The fourth-order valence-corrected chi connectivity index (χ4v) is 14.5. The Morgan fingerprint density at radius 1 is 0.299 bits per heavy atom. The minimum Gasteiger partial charge on any atom is -0.311 e. The number of aromatic nitrogens is 6. The number of hydrogen-bond donors (Lipinski definition) is 6. The number of rotatable bonds is 12. The third-order valence-electron chi connectivity index (χ3n) is 17.6. The van der Waals surface area contributed by atoms with Crippen LogP contribution in [0, 0.1) is 0 Å². The first-order chi connectivity index (χ1) is 42.1. The van der Waals surface area contributed by atoms with E-state index in [9.17, 15) is 28.8 Å². The molecular weight excluding hydrogens is 1220 g/mol. The van der Waals surface area contributed by atoms with Crippen LogP contribution >= 0.6 is 69.6 Å². The Hall–Kier alpha value is -6.90. The maximum absolute atomic E-state index is 12.7. The molecule has 3 heterocycles. The summed E-state index contributed by atoms with van der Waals surface area (Å²) >= 11 is 37.4. The molecule has 3 aromatic heterocycles. The summed E-state index contributed by atoms with van der Waals surface area (Å²) in [6.07, 6.45) is 12.7. The summed E-state index contributed by atoms with van der Waals surface area (Å²) in [6, 6.07) is 47.5. The molecule has 450 valence electrons. The van der Waals surface area contributed by atoms with E-state index in [0.29, 0.717) is 89.4 Å². The van der Waals surface area contributed by atoms with Crippen molar-refractivity contribution in [2.24, 2.45) is 0 Å². The Balaban J connectivity index is 0.000000144. The van der Waals surface area contributed by atoms with Crippen molar-refractivity contribution in [3.63, 3.8) is 0 Å². The fraction of sp³-hybridized carbons (Fsp3) is 0.304. The van der Waals surface area contributed by atoms with Crippen LogP contribution in [0.3, 0.4) is 0 Å². The van der Waals surface area contributed by atoms with Crippen molar-refractivity contribution >= 4 is 69.6 Å². The SMILES string of the molecule is O=c1[nH]c(C2CCC(c3ccccc3)CC2)c(Cc2c(Cl)cccc2Cl)c(=O)[nH]1.O=c1[nH]c(C2CCC(c3ccccc3)CC2)c(Cc2ccc(Cl)cc2Cl)c(=O)[nH]1.O=c1[nH]c(C2CCC(c3ccccc3)CC2)c(Cc2cccc(Cl)c2Cl)c(=O)[nH]1. The molecule has 0 amide bonds. The lowest BCUT2D eigenvalue weighted by Crippen LogP contribution is -2.30. The zero-order chi connectivity index (χ0) is 61.1. The molecule has 0 radical (unpaired) electrons. The number of H-pyrrole nitrogens is 6. The molecule has 87 heavy (non-hydrogen) atoms. The van der Waals surface area contributed by atoms with Gasteiger partial charge in [0.05, 0.1) is 10.0 Å². The lowest BCUT2D eigenvalue weighted by Gasteiger charge is -2.29. The summed E-state index contributed by atoms with van der Waals surface area (Å²) in [6.45, 7) is 0. The first kappa shape index (κ1) is 63.1. The Morgan fingerprint density at radius 2 is 0.632 bits per heavy atom. The Bertz CT molecular complexity index is 4180. The lowest BCUT2D eigenvalue weighted by atomic mass is 9.76. The molecule has 0 saturated heterocycles. The van der Waals surface area contributed by atoms with E-state index in [1.165, 1.54) is 16.7 Å². The summed E-state index contributed by atoms with van der Waals surface area (Å²) in [5, 5.41) is 2.99. The lowest BCUT2D eigenvalue weighted by molar-refractivity contribution is 0.388. The van der Waals surface area contributed by atoms with Gasteiger partial charge in [-0.3, -0.25) is 29.3 Å². The predicted molar refractivity (Wildman–Crippen MR) is 352 cm³/mol. The molecule has 0 spiro atoms. The minimum absolute atomic E-state index is 0.140. The molecule has 3 saturated carbocycles. The molecule has 12 rings (SSSR count). The molecule has 3 aliphatic rings. The maximum Gasteiger partial charge on any atom is 0.325 e. The average Bonchev–Trinajstić information content (AvgIpc) is 3.26. The van der Waals surface area contributed by atoms with Gasteiger partial charge in [-0.25, -0.2) is 14.4 Å². The van der Waals surface area contributed by atoms with E-state index >= 15 is 0 Å². The number of hydrogen-bond acceptors (Lipinski definition) is 6. The molecule has 9 aromatic rings. The van der Waals surface area contributed by atoms with E-state index < -0.39 is 17.1 Å². The monoisotopic (exact) mass is 1280 g/mol. The number of halogens is 6. The van der Waals surface area contributed by atoms with Crippen LogP contribution < -0.4 is 33.7 Å². The van der Waals surface area contributed by atoms with Crippen molar-refractivity contribution in [2.75, 3.05) is 0 Å². The van der Waals surface area contributed by atoms with Crippen molar-refractivity contribution in [1.29, 1.82) is 0 Å². The highest BCUT2D eigenvalue weighted by atomic mass is 35.5. The first-order valence-corrected chi connectivity index (χ1v) is 31.8. The van der Waals surface area contributed by atoms with E-state index in [0.717, 1.165) is 105 Å². The fourth-order valence-electron chi connectivity index (χ4n) is 13.1. The molecule has 6 aromatic carbocycles. The first-order valence-electron chi connectivity index (χ1n) is 29.6. The topological polar surface area (TPSA) is 197 Å². The highest BCUT2D eigenvalue weighted by Crippen LogP contribution is 2.44. The molecule has 0 aliphatic heterocycles. The van der Waals surface area contributed by atoms with Gasteiger partial charge in [-0.2, -0.15) is 0 Å². The Morgan fingerprint density at radius 3 is 1.01 bits per heavy atom. The van der Waals surface area contributed by atoms with Crippen LogP contribution in [0.5, 0.6) is 0 Å². The summed E-state index contributed by atoms with van der Waals surface area (Å²) in [7, 11) is 0. The molecule has 0 bridgehead atoms. The van der Waals surface area contributed by atoms with Gasteiger partial charge in [0.1, 0.15) is 0 Å². The van der Waals surface area contributed by atoms with Crippen LogP contribution in [0.4, 0.5) is 0 Å². The predicted octanol–water partition coefficient (Wildman–Crippen LogP) is 16.2. The van der Waals surface area contributed by atoms with Crippen LogP contribution in [0.25, 0.3) is 0 Å². The van der Waals surface area contributed by atoms with Crippen molar-refractivity contribution < 1.29 is 0 Å². The quantitative estimate of drug-likeness (QED) is 0.0703. The molecule has 12 nitrogen and oxygen atoms in total. The van der Waals surface area contributed by atoms with Gasteiger partial charge in [0.15, 0.2) is 0 Å². The molecule has 3 aliphatic carbocycles. The van der Waals surface area contributed by atoms with E-state index in [4.69, 9.17) is 69.6 Å². The second-order valence-electron chi connectivity index (χ2n) is 23.0. The second-order valence-corrected chi connectivity index (χ2v) is 25.4. The Kier molecular flexibility index (Phi) is 21.3. The molecular formula is C69H66Cl6N6O6. The molecule has 0 atom stereocenters. The van der Waals surface area contributed by atoms with Gasteiger partial charge in [-0.05, 0) is 176 Å². The van der Waals surface area contributed by atoms with E-state index in [1.54, 1.807) is 36.4 Å². The van der Waals surface area contributed by atoms with Gasteiger partial charge in [-0.1, -0.05) is 185 Å². The molecule has 0 unspecified atom stereocenters. The number of benzene rings is 6. The maximum atomic E-state index is 12.7. The van der Waals surface area contributed by atoms with Gasteiger partial charge in [0.25, 0.3) is 16.7 Å². The zero-order valence-electron chi connectivity index (χ0n) is 47.6. The van der Waals surface area contributed by atoms with Crippen molar-refractivity contribution in [3.05, 3.63) is 305 Å². The van der Waals surface area contributed by atoms with Crippen LogP contribution in [0.2, 0.25) is 30.1 Å². The van der Waals surface area contributed by atoms with Crippen LogP contribution in [0.15, 0.2) is 174 Å². The summed E-state index contributed by atoms with van der Waals surface area (Å²) in [4.78, 5) is 89.8. The van der Waals surface area contributed by atoms with Crippen LogP contribution in [0.1, 0.15) is 180 Å². The van der Waals surface area contributed by atoms with E-state index in [-0.39, 0.29) is 34.4 Å². The third kappa shape index (κ3) is 15.9. The van der Waals surface area contributed by atoms with Crippen molar-refractivity contribution in [1.82, 2.24) is 29.9 Å². The van der Waals surface area contributed by atoms with Gasteiger partial charge < -0.3 is 15.0 Å². The summed E-state index contributed by atoms with van der Waals surface area (Å²) in [5.41, 5.74) is 7.80. The minimum atomic E-state index is -0.468. The Labute approximate surface area is 533 Å². The van der Waals surface area contributed by atoms with E-state index in [1.807, 2.05) is 36.4 Å². The van der Waals surface area contributed by atoms with Gasteiger partial charge >= 0.3 is 17.1 Å². The van der Waals surface area contributed by atoms with Crippen LogP contribution in [-0.2, 0) is 19.3 Å². The second kappa shape index (κ2) is 29.4. The standard InChI is InChI=1S/3C23H22Cl2N2O2/c24-19-7-4-8-20(25)17(19)13-18-21(26-23(29)27-22(18)28)16-11-9-15(10-12-16)14-5-2-1-3-6-14;24-19-8-4-7-17(20(19)25)13-18-21(26-23(29)27-22(18)28)16-11-9-15(10-12-16)14-5-2-1-3-6-14;24-18-11-10-17(20(25)13-18)12-19-21(26-23(29)27-22(19)28)16-8-6-15(7-9-16)14-4-2-1-3-5-14/h2*1-8,15-16H,9-13H2,(H2,26,27,28,29);1-5,10-11,13,15-16H,6-9,12H2,(H2,26,27,28,29). The van der Waals surface area contributed by atoms with E-state index in [2.05, 4.69) is 103 Å². The molecule has 6 N–H and O–H groups in total. The van der Waals surface area contributed by atoms with Gasteiger partial charge in [0, 0.05) is 73.1 Å². The smallest absolute Gasteiger partial charge is 0.311 e. The van der Waals surface area contributed by atoms with Gasteiger partial charge in [0.2, 0.25) is 0 Å². The highest BCUT2D eigenvalue weighted by Gasteiger charge is 2.31. The number of aromatic amines is 6. The van der Waals surface area contributed by atoms with Crippen molar-refractivity contribution in [2.45, 2.75) is 132 Å². The van der Waals surface area contributed by atoms with Crippen molar-refractivity contribution in [3.8, 4) is 0 Å². The molecule has 18 heteroatoms. The normalized spacial score (nSPS) is 19.2. The largest absolute Gasteiger partial charge is 0.325 e. The third-order valence-corrected chi connectivity index (χ3v) is 19.8. The number of nitrogens with one attached hydrogen (secondary N) is 6. The zero-order valence-corrected chi connectivity index (χ0v) is 52.2. The summed E-state index contributed by atoms with van der Waals surface area (Å²) in [5.74, 6) is 2.01. The van der Waals surface area contributed by atoms with Gasteiger partial charge in [-0.15, -0.1) is 0 Å². The molecule has 3 fully saturated rings. The summed E-state index contributed by atoms with van der Waals surface area (Å²) < 4.78 is 0. The van der Waals surface area contributed by atoms with Crippen LogP contribution in [-0.4, -0.2) is 29.9 Å². The highest BCUT2D eigenvalue weighted by molar-refractivity contribution is 6.42. The average molecular weight is 1290 g/mol.